The van der Waals surface area contributed by atoms with E-state index in [-0.39, 0.29) is 36.4 Å². The number of carbonyl (C=O) groups excluding carboxylic acids is 1. The highest BCUT2D eigenvalue weighted by molar-refractivity contribution is 14.0. The second-order valence-corrected chi connectivity index (χ2v) is 7.33. The van der Waals surface area contributed by atoms with Gasteiger partial charge in [-0.3, -0.25) is 9.69 Å². The van der Waals surface area contributed by atoms with Gasteiger partial charge in [-0.2, -0.15) is 0 Å². The van der Waals surface area contributed by atoms with Crippen molar-refractivity contribution in [3.05, 3.63) is 18.0 Å². The molecule has 2 fully saturated rings. The quantitative estimate of drug-likeness (QED) is 0.350. The summed E-state index contributed by atoms with van der Waals surface area (Å²) in [5.74, 6) is 0.861. The van der Waals surface area contributed by atoms with Crippen LogP contribution in [0.2, 0.25) is 0 Å². The lowest BCUT2D eigenvalue weighted by Gasteiger charge is -2.36. The van der Waals surface area contributed by atoms with E-state index in [1.807, 2.05) is 6.07 Å². The number of aromatic nitrogens is 1. The molecule has 0 atom stereocenters. The molecule has 2 aliphatic rings. The van der Waals surface area contributed by atoms with Gasteiger partial charge in [0.25, 0.3) is 0 Å². The summed E-state index contributed by atoms with van der Waals surface area (Å²) < 4.78 is 4.90. The number of guanidine groups is 1. The van der Waals surface area contributed by atoms with Crippen LogP contribution >= 0.6 is 24.0 Å². The number of nitrogens with one attached hydrogen (secondary N) is 2. The van der Waals surface area contributed by atoms with Crippen LogP contribution in [-0.4, -0.2) is 72.1 Å². The Morgan fingerprint density at radius 2 is 2.00 bits per heavy atom. The molecule has 1 aliphatic heterocycles. The molecule has 1 amide bonds. The van der Waals surface area contributed by atoms with Gasteiger partial charge in [0.2, 0.25) is 5.91 Å². The molecule has 8 nitrogen and oxygen atoms in total. The summed E-state index contributed by atoms with van der Waals surface area (Å²) in [6.07, 6.45) is 7.54. The Morgan fingerprint density at radius 3 is 2.64 bits per heavy atom. The SMILES string of the molecule is CCNC(=NCC(=O)NC1CCCCC1)N1CCN(Cc2ccon2)CC1.I. The highest BCUT2D eigenvalue weighted by Crippen LogP contribution is 2.17. The molecule has 0 radical (unpaired) electrons. The van der Waals surface area contributed by atoms with E-state index in [1.165, 1.54) is 19.3 Å². The maximum atomic E-state index is 12.2. The minimum Gasteiger partial charge on any atom is -0.364 e. The van der Waals surface area contributed by atoms with Gasteiger partial charge in [0.15, 0.2) is 5.96 Å². The minimum atomic E-state index is 0. The van der Waals surface area contributed by atoms with E-state index in [0.29, 0.717) is 6.04 Å². The zero-order valence-corrected chi connectivity index (χ0v) is 19.1. The Bertz CT molecular complexity index is 596. The van der Waals surface area contributed by atoms with Crippen LogP contribution in [-0.2, 0) is 11.3 Å². The predicted octanol–water partition coefficient (Wildman–Crippen LogP) is 1.82. The molecule has 2 N–H and O–H groups in total. The topological polar surface area (TPSA) is 86.0 Å². The first-order valence-corrected chi connectivity index (χ1v) is 10.2. The van der Waals surface area contributed by atoms with Crippen molar-refractivity contribution < 1.29 is 9.32 Å². The van der Waals surface area contributed by atoms with Gasteiger partial charge in [-0.25, -0.2) is 4.99 Å². The summed E-state index contributed by atoms with van der Waals surface area (Å²) in [6, 6.07) is 2.24. The van der Waals surface area contributed by atoms with Crippen molar-refractivity contribution in [3.8, 4) is 0 Å². The van der Waals surface area contributed by atoms with E-state index < -0.39 is 0 Å². The molecule has 28 heavy (non-hydrogen) atoms. The molecule has 0 aromatic carbocycles. The van der Waals surface area contributed by atoms with Crippen LogP contribution in [0.5, 0.6) is 0 Å². The summed E-state index contributed by atoms with van der Waals surface area (Å²) in [5, 5.41) is 10.4. The number of rotatable bonds is 6. The van der Waals surface area contributed by atoms with Crippen molar-refractivity contribution in [2.24, 2.45) is 4.99 Å². The molecule has 2 heterocycles. The summed E-state index contributed by atoms with van der Waals surface area (Å²) in [6.45, 7) is 7.49. The van der Waals surface area contributed by atoms with Gasteiger partial charge in [-0.05, 0) is 19.8 Å². The Balaban J connectivity index is 0.00000280. The number of piperazine rings is 1. The summed E-state index contributed by atoms with van der Waals surface area (Å²) >= 11 is 0. The molecule has 1 aromatic heterocycles. The van der Waals surface area contributed by atoms with E-state index >= 15 is 0 Å². The number of hydrogen-bond acceptors (Lipinski definition) is 5. The summed E-state index contributed by atoms with van der Waals surface area (Å²) in [5.41, 5.74) is 0.961. The van der Waals surface area contributed by atoms with Gasteiger partial charge < -0.3 is 20.1 Å². The second kappa shape index (κ2) is 12.3. The molecule has 0 unspecified atom stereocenters. The lowest BCUT2D eigenvalue weighted by molar-refractivity contribution is -0.120. The van der Waals surface area contributed by atoms with Crippen LogP contribution in [0.4, 0.5) is 0 Å². The highest BCUT2D eigenvalue weighted by atomic mass is 127. The molecule has 0 spiro atoms. The standard InChI is InChI=1S/C19H32N6O2.HI/c1-2-20-19(21-14-18(26)22-16-6-4-3-5-7-16)25-11-9-24(10-12-25)15-17-8-13-27-23-17;/h8,13,16H,2-7,9-12,14-15H2,1H3,(H,20,21)(H,22,26);1H. The minimum absolute atomic E-state index is 0. The third-order valence-electron chi connectivity index (χ3n) is 5.23. The highest BCUT2D eigenvalue weighted by Gasteiger charge is 2.21. The van der Waals surface area contributed by atoms with Crippen LogP contribution in [0.25, 0.3) is 0 Å². The normalized spacial score (nSPS) is 19.2. The molecule has 1 saturated heterocycles. The lowest BCUT2D eigenvalue weighted by Crippen LogP contribution is -2.52. The smallest absolute Gasteiger partial charge is 0.242 e. The molecule has 1 aliphatic carbocycles. The molecule has 1 saturated carbocycles. The van der Waals surface area contributed by atoms with Gasteiger partial charge in [0.05, 0.1) is 5.69 Å². The lowest BCUT2D eigenvalue weighted by atomic mass is 9.95. The Kier molecular flexibility index (Phi) is 10.0. The molecule has 1 aromatic rings. The fraction of sp³-hybridized carbons (Fsp3) is 0.737. The van der Waals surface area contributed by atoms with Gasteiger partial charge in [0.1, 0.15) is 12.8 Å². The number of aliphatic imine (C=N–C) groups is 1. The molecule has 0 bridgehead atoms. The Labute approximate surface area is 184 Å². The monoisotopic (exact) mass is 504 g/mol. The van der Waals surface area contributed by atoms with E-state index in [1.54, 1.807) is 6.26 Å². The van der Waals surface area contributed by atoms with Gasteiger partial charge >= 0.3 is 0 Å². The molecule has 9 heteroatoms. The zero-order valence-electron chi connectivity index (χ0n) is 16.7. The van der Waals surface area contributed by atoms with Crippen LogP contribution in [0.1, 0.15) is 44.7 Å². The third kappa shape index (κ3) is 7.23. The number of halogens is 1. The van der Waals surface area contributed by atoms with Crippen LogP contribution < -0.4 is 10.6 Å². The van der Waals surface area contributed by atoms with E-state index in [0.717, 1.165) is 63.8 Å². The number of hydrogen-bond donors (Lipinski definition) is 2. The Hall–Kier alpha value is -1.36. The van der Waals surface area contributed by atoms with Crippen molar-refractivity contribution in [1.29, 1.82) is 0 Å². The van der Waals surface area contributed by atoms with Crippen LogP contribution in [0, 0.1) is 0 Å². The molecular weight excluding hydrogens is 471 g/mol. The zero-order chi connectivity index (χ0) is 18.9. The number of amides is 1. The van der Waals surface area contributed by atoms with Gasteiger partial charge in [-0.15, -0.1) is 24.0 Å². The maximum absolute atomic E-state index is 12.2. The largest absolute Gasteiger partial charge is 0.364 e. The maximum Gasteiger partial charge on any atom is 0.242 e. The van der Waals surface area contributed by atoms with Gasteiger partial charge in [-0.1, -0.05) is 24.4 Å². The van der Waals surface area contributed by atoms with Crippen molar-refractivity contribution >= 4 is 35.8 Å². The van der Waals surface area contributed by atoms with Gasteiger partial charge in [0, 0.05) is 51.4 Å². The number of carbonyl (C=O) groups is 1. The first-order chi connectivity index (χ1) is 13.2. The van der Waals surface area contributed by atoms with E-state index in [2.05, 4.69) is 37.5 Å². The fourth-order valence-corrected chi connectivity index (χ4v) is 3.76. The van der Waals surface area contributed by atoms with Crippen molar-refractivity contribution in [1.82, 2.24) is 25.6 Å². The van der Waals surface area contributed by atoms with Crippen LogP contribution in [0.15, 0.2) is 21.8 Å². The first kappa shape index (κ1) is 22.9. The van der Waals surface area contributed by atoms with Crippen molar-refractivity contribution in [3.63, 3.8) is 0 Å². The van der Waals surface area contributed by atoms with Crippen LogP contribution in [0.3, 0.4) is 0 Å². The molecule has 3 rings (SSSR count). The average molecular weight is 504 g/mol. The Morgan fingerprint density at radius 1 is 1.25 bits per heavy atom. The molecule has 158 valence electrons. The average Bonchev–Trinajstić information content (AvgIpc) is 3.20. The van der Waals surface area contributed by atoms with Crippen molar-refractivity contribution in [2.45, 2.75) is 51.6 Å². The number of nitrogens with zero attached hydrogens (tertiary/aromatic N) is 4. The summed E-state index contributed by atoms with van der Waals surface area (Å²) in [4.78, 5) is 21.4. The fourth-order valence-electron chi connectivity index (χ4n) is 3.76. The van der Waals surface area contributed by atoms with E-state index in [9.17, 15) is 4.79 Å². The third-order valence-corrected chi connectivity index (χ3v) is 5.23. The predicted molar refractivity (Wildman–Crippen MR) is 120 cm³/mol. The summed E-state index contributed by atoms with van der Waals surface area (Å²) in [7, 11) is 0. The second-order valence-electron chi connectivity index (χ2n) is 7.33. The molecular formula is C19H33IN6O2. The van der Waals surface area contributed by atoms with Crippen molar-refractivity contribution in [2.75, 3.05) is 39.3 Å². The first-order valence-electron chi connectivity index (χ1n) is 10.2. The van der Waals surface area contributed by atoms with E-state index in [4.69, 9.17) is 4.52 Å².